The van der Waals surface area contributed by atoms with Crippen molar-refractivity contribution in [2.75, 3.05) is 0 Å². The lowest BCUT2D eigenvalue weighted by Gasteiger charge is -2.01. The Morgan fingerprint density at radius 1 is 0.214 bits per heavy atom. The molecule has 0 fully saturated rings. The molecule has 0 nitrogen and oxygen atoms in total. The van der Waals surface area contributed by atoms with Gasteiger partial charge in [-0.2, -0.15) is 0 Å². The Labute approximate surface area is 174 Å². The van der Waals surface area contributed by atoms with Crippen LogP contribution in [0.2, 0.25) is 0 Å². The fraction of sp³-hybridized carbons (Fsp3) is 0.429. The van der Waals surface area contributed by atoms with Gasteiger partial charge in [0.1, 0.15) is 0 Å². The summed E-state index contributed by atoms with van der Waals surface area (Å²) in [6.07, 6.45) is 50.0. The highest BCUT2D eigenvalue weighted by Gasteiger charge is 1.92. The summed E-state index contributed by atoms with van der Waals surface area (Å²) < 4.78 is 0. The molecule has 0 N–H and O–H groups in total. The molecule has 0 spiro atoms. The van der Waals surface area contributed by atoms with E-state index in [2.05, 4.69) is 72.9 Å². The molecule has 0 heteroatoms. The maximum absolute atomic E-state index is 2.29. The molecule has 0 saturated carbocycles. The van der Waals surface area contributed by atoms with Crippen LogP contribution in [0.25, 0.3) is 0 Å². The topological polar surface area (TPSA) is 0 Å². The van der Waals surface area contributed by atoms with Crippen LogP contribution in [0.5, 0.6) is 0 Å². The number of hydrogen-bond donors (Lipinski definition) is 0. The molecule has 152 valence electrons. The maximum atomic E-state index is 2.29. The Bertz CT molecular complexity index is 509. The average Bonchev–Trinajstić information content (AvgIpc) is 2.71. The van der Waals surface area contributed by atoms with Gasteiger partial charge in [-0.1, -0.05) is 149 Å². The van der Waals surface area contributed by atoms with E-state index in [9.17, 15) is 0 Å². The van der Waals surface area contributed by atoms with Crippen molar-refractivity contribution in [3.05, 3.63) is 97.2 Å². The molecule has 1 aliphatic carbocycles. The zero-order valence-corrected chi connectivity index (χ0v) is 17.7. The number of allylic oxidation sites excluding steroid dienone is 16. The van der Waals surface area contributed by atoms with Crippen LogP contribution in [-0.2, 0) is 0 Å². The molecule has 0 saturated heterocycles. The fourth-order valence-corrected chi connectivity index (χ4v) is 3.06. The molecule has 0 amide bonds. The van der Waals surface area contributed by atoms with Crippen molar-refractivity contribution in [3.63, 3.8) is 0 Å². The highest BCUT2D eigenvalue weighted by Crippen LogP contribution is 2.12. The average molecular weight is 377 g/mol. The van der Waals surface area contributed by atoms with E-state index in [-0.39, 0.29) is 0 Å². The first-order valence-electron chi connectivity index (χ1n) is 11.3. The standard InChI is InChI=1S/C28H40/c1-2-4-6-8-10-12-14-16-18-20-22-24-26-28-27-25-23-21-19-17-15-13-11-9-7-5-3-1/h1-16H,17-28H2/b3-1-,4-2+,7-5-,8-6+,11-9-,12-10+,15-13?,16-14-. The van der Waals surface area contributed by atoms with E-state index in [4.69, 9.17) is 0 Å². The van der Waals surface area contributed by atoms with Crippen molar-refractivity contribution < 1.29 is 0 Å². The number of rotatable bonds is 0. The van der Waals surface area contributed by atoms with E-state index >= 15 is 0 Å². The molecule has 0 aromatic rings. The summed E-state index contributed by atoms with van der Waals surface area (Å²) in [5.41, 5.74) is 0. The molecule has 28 heavy (non-hydrogen) atoms. The van der Waals surface area contributed by atoms with Gasteiger partial charge in [-0.05, 0) is 25.7 Å². The van der Waals surface area contributed by atoms with Crippen LogP contribution in [0.15, 0.2) is 97.2 Å². The molecule has 1 rings (SSSR count). The lowest BCUT2D eigenvalue weighted by atomic mass is 10.0. The molecule has 0 aromatic heterocycles. The van der Waals surface area contributed by atoms with E-state index in [0.29, 0.717) is 0 Å². The lowest BCUT2D eigenvalue weighted by Crippen LogP contribution is -1.82. The Morgan fingerprint density at radius 2 is 0.429 bits per heavy atom. The Hall–Kier alpha value is -2.08. The Morgan fingerprint density at radius 3 is 0.714 bits per heavy atom. The van der Waals surface area contributed by atoms with E-state index in [0.717, 1.165) is 0 Å². The van der Waals surface area contributed by atoms with Crippen LogP contribution in [-0.4, -0.2) is 0 Å². The van der Waals surface area contributed by atoms with E-state index in [1.165, 1.54) is 77.0 Å². The fourth-order valence-electron chi connectivity index (χ4n) is 3.06. The minimum absolute atomic E-state index is 1.20. The van der Waals surface area contributed by atoms with Crippen molar-refractivity contribution in [1.29, 1.82) is 0 Å². The first-order valence-corrected chi connectivity index (χ1v) is 11.3. The SMILES string of the molecule is C1=CCCCCCCCCCCCC\C=C/C=C/C=C/C=C/C=C\C=C/C=C\1. The summed E-state index contributed by atoms with van der Waals surface area (Å²) >= 11 is 0. The van der Waals surface area contributed by atoms with Gasteiger partial charge < -0.3 is 0 Å². The van der Waals surface area contributed by atoms with Crippen LogP contribution < -0.4 is 0 Å². The highest BCUT2D eigenvalue weighted by atomic mass is 14.0. The third-order valence-electron chi connectivity index (χ3n) is 4.71. The van der Waals surface area contributed by atoms with Crippen molar-refractivity contribution >= 4 is 0 Å². The first kappa shape index (κ1) is 24.0. The molecule has 0 radical (unpaired) electrons. The summed E-state index contributed by atoms with van der Waals surface area (Å²) in [5, 5.41) is 0. The normalized spacial score (nSPS) is 27.4. The van der Waals surface area contributed by atoms with Crippen LogP contribution in [0, 0.1) is 0 Å². The van der Waals surface area contributed by atoms with Crippen molar-refractivity contribution in [2.24, 2.45) is 0 Å². The lowest BCUT2D eigenvalue weighted by molar-refractivity contribution is 0.553. The Balaban J connectivity index is 2.36. The van der Waals surface area contributed by atoms with Crippen LogP contribution >= 0.6 is 0 Å². The van der Waals surface area contributed by atoms with Crippen molar-refractivity contribution in [1.82, 2.24) is 0 Å². The second-order valence-electron chi connectivity index (χ2n) is 7.28. The largest absolute Gasteiger partial charge is 0.0845 e. The second kappa shape index (κ2) is 21.2. The molecule has 0 bridgehead atoms. The van der Waals surface area contributed by atoms with E-state index in [1.54, 1.807) is 0 Å². The number of hydrogen-bond acceptors (Lipinski definition) is 0. The van der Waals surface area contributed by atoms with Gasteiger partial charge in [0, 0.05) is 0 Å². The monoisotopic (exact) mass is 376 g/mol. The summed E-state index contributed by atoms with van der Waals surface area (Å²) in [4.78, 5) is 0. The molecule has 0 atom stereocenters. The molecule has 0 aliphatic heterocycles. The molecule has 0 unspecified atom stereocenters. The smallest absolute Gasteiger partial charge is 0.0348 e. The summed E-state index contributed by atoms with van der Waals surface area (Å²) in [6.45, 7) is 0. The summed E-state index contributed by atoms with van der Waals surface area (Å²) in [6, 6.07) is 0. The molecule has 0 heterocycles. The van der Waals surface area contributed by atoms with Crippen molar-refractivity contribution in [3.8, 4) is 0 Å². The van der Waals surface area contributed by atoms with Gasteiger partial charge in [-0.3, -0.25) is 0 Å². The van der Waals surface area contributed by atoms with Gasteiger partial charge in [0.25, 0.3) is 0 Å². The van der Waals surface area contributed by atoms with Gasteiger partial charge in [0.2, 0.25) is 0 Å². The zero-order valence-electron chi connectivity index (χ0n) is 17.7. The molecular weight excluding hydrogens is 336 g/mol. The van der Waals surface area contributed by atoms with Gasteiger partial charge in [-0.15, -0.1) is 0 Å². The highest BCUT2D eigenvalue weighted by molar-refractivity contribution is 5.21. The van der Waals surface area contributed by atoms with Gasteiger partial charge >= 0.3 is 0 Å². The third-order valence-corrected chi connectivity index (χ3v) is 4.71. The molecule has 1 aliphatic rings. The summed E-state index contributed by atoms with van der Waals surface area (Å²) in [5.74, 6) is 0. The zero-order chi connectivity index (χ0) is 19.8. The Kier molecular flexibility index (Phi) is 18.2. The maximum Gasteiger partial charge on any atom is -0.0348 e. The first-order chi connectivity index (χ1) is 14.0. The van der Waals surface area contributed by atoms with E-state index in [1.807, 2.05) is 24.3 Å². The minimum Gasteiger partial charge on any atom is -0.0845 e. The van der Waals surface area contributed by atoms with Crippen LogP contribution in [0.3, 0.4) is 0 Å². The quantitative estimate of drug-likeness (QED) is 0.395. The molecule has 0 aromatic carbocycles. The third kappa shape index (κ3) is 18.7. The summed E-state index contributed by atoms with van der Waals surface area (Å²) in [7, 11) is 0. The van der Waals surface area contributed by atoms with Crippen LogP contribution in [0.1, 0.15) is 77.0 Å². The predicted molar refractivity (Wildman–Crippen MR) is 129 cm³/mol. The second-order valence-corrected chi connectivity index (χ2v) is 7.28. The van der Waals surface area contributed by atoms with Crippen molar-refractivity contribution in [2.45, 2.75) is 77.0 Å². The van der Waals surface area contributed by atoms with E-state index < -0.39 is 0 Å². The molecular formula is C28H40. The minimum atomic E-state index is 1.20. The van der Waals surface area contributed by atoms with Gasteiger partial charge in [-0.25, -0.2) is 0 Å². The van der Waals surface area contributed by atoms with Gasteiger partial charge in [0.15, 0.2) is 0 Å². The predicted octanol–water partition coefficient (Wildman–Crippen LogP) is 9.13. The van der Waals surface area contributed by atoms with Gasteiger partial charge in [0.05, 0.1) is 0 Å². The van der Waals surface area contributed by atoms with Crippen LogP contribution in [0.4, 0.5) is 0 Å².